The van der Waals surface area contributed by atoms with Crippen LogP contribution < -0.4 is 5.32 Å². The van der Waals surface area contributed by atoms with Gasteiger partial charge in [-0.3, -0.25) is 9.59 Å². The molecule has 2 aliphatic carbocycles. The second kappa shape index (κ2) is 8.01. The third kappa shape index (κ3) is 3.94. The summed E-state index contributed by atoms with van der Waals surface area (Å²) in [6.45, 7) is 1.57. The summed E-state index contributed by atoms with van der Waals surface area (Å²) in [5.41, 5.74) is 1.58. The van der Waals surface area contributed by atoms with Gasteiger partial charge in [0.25, 0.3) is 5.91 Å². The van der Waals surface area contributed by atoms with Crippen molar-refractivity contribution in [1.29, 1.82) is 0 Å². The lowest BCUT2D eigenvalue weighted by Crippen LogP contribution is -2.35. The highest BCUT2D eigenvalue weighted by molar-refractivity contribution is 5.95. The molecule has 3 fully saturated rings. The molecule has 3 aliphatic rings. The lowest BCUT2D eigenvalue weighted by Gasteiger charge is -2.38. The molecular formula is C25H31N3O2. The Hall–Kier alpha value is -2.43. The zero-order valence-electron chi connectivity index (χ0n) is 17.6. The van der Waals surface area contributed by atoms with Crippen molar-refractivity contribution in [2.75, 3.05) is 13.1 Å². The maximum absolute atomic E-state index is 13.3. The summed E-state index contributed by atoms with van der Waals surface area (Å²) >= 11 is 0. The van der Waals surface area contributed by atoms with Crippen molar-refractivity contribution in [1.82, 2.24) is 15.2 Å². The topological polar surface area (TPSA) is 62.3 Å². The fraction of sp³-hybridized carbons (Fsp3) is 0.560. The first-order valence-corrected chi connectivity index (χ1v) is 11.6. The highest BCUT2D eigenvalue weighted by atomic mass is 16.2. The van der Waals surface area contributed by atoms with Crippen LogP contribution in [0.15, 0.2) is 36.4 Å². The first-order chi connectivity index (χ1) is 14.6. The van der Waals surface area contributed by atoms with Crippen LogP contribution in [0.25, 0.3) is 10.9 Å². The van der Waals surface area contributed by atoms with Gasteiger partial charge in [0.05, 0.1) is 5.52 Å². The first-order valence-electron chi connectivity index (χ1n) is 11.6. The van der Waals surface area contributed by atoms with Crippen LogP contribution in [0, 0.1) is 11.3 Å². The zero-order chi connectivity index (χ0) is 20.6. The molecule has 5 rings (SSSR count). The van der Waals surface area contributed by atoms with E-state index >= 15 is 0 Å². The summed E-state index contributed by atoms with van der Waals surface area (Å²) in [6.07, 6.45) is 9.83. The van der Waals surface area contributed by atoms with Gasteiger partial charge in [0.2, 0.25) is 5.91 Å². The Balaban J connectivity index is 1.32. The molecule has 2 heterocycles. The number of hydrogen-bond donors (Lipinski definition) is 1. The predicted octanol–water partition coefficient (Wildman–Crippen LogP) is 4.32. The third-order valence-electron chi connectivity index (χ3n) is 7.43. The zero-order valence-corrected chi connectivity index (χ0v) is 17.6. The molecule has 5 nitrogen and oxygen atoms in total. The van der Waals surface area contributed by atoms with Crippen LogP contribution in [0.2, 0.25) is 0 Å². The maximum Gasteiger partial charge on any atom is 0.272 e. The standard InChI is InChI=1S/C25H31N3O2/c29-23(26-20-10-11-20)13-9-19-16-28(17-25(19)14-4-1-5-15-25)24(30)22-12-8-18-6-2-3-7-21(18)27-22/h2-3,6-8,12,19-20H,1,4-5,9-11,13-17H2,(H,26,29). The predicted molar refractivity (Wildman–Crippen MR) is 117 cm³/mol. The van der Waals surface area contributed by atoms with E-state index in [1.807, 2.05) is 41.3 Å². The van der Waals surface area contributed by atoms with E-state index in [1.165, 1.54) is 32.1 Å². The largest absolute Gasteiger partial charge is 0.353 e. The summed E-state index contributed by atoms with van der Waals surface area (Å²) in [6, 6.07) is 12.2. The van der Waals surface area contributed by atoms with Crippen molar-refractivity contribution >= 4 is 22.7 Å². The fourth-order valence-corrected chi connectivity index (χ4v) is 5.59. The molecule has 1 spiro atoms. The summed E-state index contributed by atoms with van der Waals surface area (Å²) < 4.78 is 0. The van der Waals surface area contributed by atoms with Gasteiger partial charge in [-0.05, 0) is 55.6 Å². The van der Waals surface area contributed by atoms with Crippen molar-refractivity contribution in [3.8, 4) is 0 Å². The van der Waals surface area contributed by atoms with Crippen LogP contribution in [0.4, 0.5) is 0 Å². The maximum atomic E-state index is 13.3. The number of para-hydroxylation sites is 1. The average Bonchev–Trinajstić information content (AvgIpc) is 3.52. The van der Waals surface area contributed by atoms with Gasteiger partial charge in [-0.2, -0.15) is 0 Å². The number of nitrogens with zero attached hydrogens (tertiary/aromatic N) is 2. The second-order valence-corrected chi connectivity index (χ2v) is 9.58. The number of fused-ring (bicyclic) bond motifs is 1. The van der Waals surface area contributed by atoms with Gasteiger partial charge in [0.15, 0.2) is 0 Å². The molecule has 158 valence electrons. The van der Waals surface area contributed by atoms with E-state index in [0.717, 1.165) is 43.3 Å². The number of likely N-dealkylation sites (tertiary alicyclic amines) is 1. The summed E-state index contributed by atoms with van der Waals surface area (Å²) in [7, 11) is 0. The number of aromatic nitrogens is 1. The quantitative estimate of drug-likeness (QED) is 0.806. The molecule has 5 heteroatoms. The average molecular weight is 406 g/mol. The van der Waals surface area contributed by atoms with Crippen molar-refractivity contribution in [3.63, 3.8) is 0 Å². The van der Waals surface area contributed by atoms with Crippen LogP contribution in [-0.4, -0.2) is 40.8 Å². The molecule has 1 atom stereocenters. The molecule has 30 heavy (non-hydrogen) atoms. The Morgan fingerprint density at radius 1 is 1.07 bits per heavy atom. The lowest BCUT2D eigenvalue weighted by molar-refractivity contribution is -0.121. The summed E-state index contributed by atoms with van der Waals surface area (Å²) in [5, 5.41) is 4.17. The van der Waals surface area contributed by atoms with Crippen molar-refractivity contribution in [2.45, 2.75) is 63.8 Å². The van der Waals surface area contributed by atoms with E-state index in [-0.39, 0.29) is 17.2 Å². The Bertz CT molecular complexity index is 946. The first kappa shape index (κ1) is 19.5. The van der Waals surface area contributed by atoms with Gasteiger partial charge in [-0.25, -0.2) is 4.98 Å². The molecule has 0 radical (unpaired) electrons. The molecule has 1 aromatic carbocycles. The molecule has 2 aromatic rings. The van der Waals surface area contributed by atoms with Gasteiger partial charge in [0.1, 0.15) is 5.69 Å². The minimum Gasteiger partial charge on any atom is -0.353 e. The van der Waals surface area contributed by atoms with Gasteiger partial charge < -0.3 is 10.2 Å². The second-order valence-electron chi connectivity index (χ2n) is 9.58. The molecule has 1 aromatic heterocycles. The number of benzene rings is 1. The van der Waals surface area contributed by atoms with Gasteiger partial charge in [-0.15, -0.1) is 0 Å². The number of carbonyl (C=O) groups is 2. The van der Waals surface area contributed by atoms with Gasteiger partial charge in [-0.1, -0.05) is 43.5 Å². The Morgan fingerprint density at radius 3 is 2.67 bits per heavy atom. The highest BCUT2D eigenvalue weighted by Crippen LogP contribution is 2.49. The lowest BCUT2D eigenvalue weighted by atomic mass is 9.66. The molecule has 0 bridgehead atoms. The van der Waals surface area contributed by atoms with Crippen LogP contribution in [0.1, 0.15) is 68.3 Å². The molecule has 1 saturated heterocycles. The number of carbonyl (C=O) groups excluding carboxylic acids is 2. The van der Waals surface area contributed by atoms with Crippen molar-refractivity contribution in [3.05, 3.63) is 42.1 Å². The Morgan fingerprint density at radius 2 is 1.87 bits per heavy atom. The number of hydrogen-bond acceptors (Lipinski definition) is 3. The number of nitrogens with one attached hydrogen (secondary N) is 1. The molecule has 2 amide bonds. The van der Waals surface area contributed by atoms with E-state index in [1.54, 1.807) is 0 Å². The molecule has 2 saturated carbocycles. The monoisotopic (exact) mass is 405 g/mol. The Kier molecular flexibility index (Phi) is 5.21. The molecule has 1 unspecified atom stereocenters. The van der Waals surface area contributed by atoms with E-state index < -0.39 is 0 Å². The van der Waals surface area contributed by atoms with Crippen LogP contribution in [0.3, 0.4) is 0 Å². The minimum absolute atomic E-state index is 0.0376. The van der Waals surface area contributed by atoms with E-state index in [9.17, 15) is 9.59 Å². The number of amides is 2. The van der Waals surface area contributed by atoms with Crippen molar-refractivity contribution in [2.24, 2.45) is 11.3 Å². The summed E-state index contributed by atoms with van der Waals surface area (Å²) in [5.74, 6) is 0.632. The number of rotatable bonds is 5. The van der Waals surface area contributed by atoms with Gasteiger partial charge in [0, 0.05) is 30.9 Å². The third-order valence-corrected chi connectivity index (χ3v) is 7.43. The van der Waals surface area contributed by atoms with Gasteiger partial charge >= 0.3 is 0 Å². The van der Waals surface area contributed by atoms with Crippen LogP contribution >= 0.6 is 0 Å². The van der Waals surface area contributed by atoms with Crippen molar-refractivity contribution < 1.29 is 9.59 Å². The molecular weight excluding hydrogens is 374 g/mol. The van der Waals surface area contributed by atoms with Crippen LogP contribution in [0.5, 0.6) is 0 Å². The normalized spacial score (nSPS) is 23.1. The van der Waals surface area contributed by atoms with E-state index in [0.29, 0.717) is 24.1 Å². The van der Waals surface area contributed by atoms with Crippen LogP contribution in [-0.2, 0) is 4.79 Å². The molecule has 1 N–H and O–H groups in total. The summed E-state index contributed by atoms with van der Waals surface area (Å²) in [4.78, 5) is 32.3. The fourth-order valence-electron chi connectivity index (χ4n) is 5.59. The smallest absolute Gasteiger partial charge is 0.272 e. The molecule has 1 aliphatic heterocycles. The minimum atomic E-state index is 0.0376. The SMILES string of the molecule is O=C(CCC1CN(C(=O)c2ccc3ccccc3n2)CC12CCCCC2)NC1CC1. The highest BCUT2D eigenvalue weighted by Gasteiger charge is 2.48. The van der Waals surface area contributed by atoms with E-state index in [2.05, 4.69) is 10.3 Å². The van der Waals surface area contributed by atoms with E-state index in [4.69, 9.17) is 0 Å². The number of pyridine rings is 1. The Labute approximate surface area is 178 Å².